The minimum atomic E-state index is -0.690. The second-order valence-electron chi connectivity index (χ2n) is 3.86. The summed E-state index contributed by atoms with van der Waals surface area (Å²) in [6.07, 6.45) is 0.941. The van der Waals surface area contributed by atoms with Gasteiger partial charge in [0.05, 0.1) is 6.20 Å². The highest BCUT2D eigenvalue weighted by atomic mass is 19.1. The van der Waals surface area contributed by atoms with Crippen molar-refractivity contribution < 1.29 is 8.78 Å². The molecule has 0 bridgehead atoms. The second kappa shape index (κ2) is 4.08. The molecule has 0 aliphatic carbocycles. The summed E-state index contributed by atoms with van der Waals surface area (Å²) in [5, 5.41) is 0. The number of aryl methyl sites for hydroxylation is 2. The van der Waals surface area contributed by atoms with Crippen molar-refractivity contribution in [2.24, 2.45) is 0 Å². The van der Waals surface area contributed by atoms with Crippen LogP contribution in [0.25, 0.3) is 11.3 Å². The minimum Gasteiger partial charge on any atom is -0.368 e. The van der Waals surface area contributed by atoms with E-state index in [1.54, 1.807) is 19.9 Å². The Morgan fingerprint density at radius 2 is 1.82 bits per heavy atom. The third-order valence-electron chi connectivity index (χ3n) is 2.43. The van der Waals surface area contributed by atoms with Crippen LogP contribution in [0.3, 0.4) is 0 Å². The van der Waals surface area contributed by atoms with Gasteiger partial charge in [-0.2, -0.15) is 0 Å². The predicted octanol–water partition coefficient (Wildman–Crippen LogP) is 2.62. The van der Waals surface area contributed by atoms with E-state index in [0.29, 0.717) is 5.56 Å². The number of hydrogen-bond acceptors (Lipinski definition) is 3. The third-order valence-corrected chi connectivity index (χ3v) is 2.43. The number of aromatic nitrogens is 2. The maximum atomic E-state index is 13.8. The molecule has 0 saturated heterocycles. The lowest BCUT2D eigenvalue weighted by Crippen LogP contribution is -2.01. The highest BCUT2D eigenvalue weighted by molar-refractivity contribution is 5.65. The molecular formula is C12H11F2N3. The van der Waals surface area contributed by atoms with E-state index in [4.69, 9.17) is 5.73 Å². The molecule has 0 fully saturated rings. The first-order chi connectivity index (χ1) is 7.99. The van der Waals surface area contributed by atoms with Gasteiger partial charge in [0.2, 0.25) is 5.95 Å². The summed E-state index contributed by atoms with van der Waals surface area (Å²) in [7, 11) is 0. The normalized spacial score (nSPS) is 10.6. The van der Waals surface area contributed by atoms with Crippen molar-refractivity contribution in [1.82, 2.24) is 9.97 Å². The van der Waals surface area contributed by atoms with E-state index < -0.39 is 11.6 Å². The number of anilines is 1. The van der Waals surface area contributed by atoms with Crippen molar-refractivity contribution in [3.8, 4) is 11.3 Å². The van der Waals surface area contributed by atoms with Gasteiger partial charge in [0.1, 0.15) is 11.5 Å². The Morgan fingerprint density at radius 1 is 1.12 bits per heavy atom. The Morgan fingerprint density at radius 3 is 2.47 bits per heavy atom. The van der Waals surface area contributed by atoms with Crippen LogP contribution in [0, 0.1) is 25.5 Å². The first-order valence-corrected chi connectivity index (χ1v) is 5.04. The molecule has 0 radical (unpaired) electrons. The van der Waals surface area contributed by atoms with Crippen LogP contribution in [0.1, 0.15) is 11.1 Å². The maximum absolute atomic E-state index is 13.8. The van der Waals surface area contributed by atoms with Gasteiger partial charge in [0.15, 0.2) is 5.82 Å². The van der Waals surface area contributed by atoms with Crippen molar-refractivity contribution in [1.29, 1.82) is 0 Å². The summed E-state index contributed by atoms with van der Waals surface area (Å²) in [5.41, 5.74) is 6.79. The highest BCUT2D eigenvalue weighted by Gasteiger charge is 2.15. The summed E-state index contributed by atoms with van der Waals surface area (Å²) in [6.45, 7) is 3.47. The standard InChI is InChI=1S/C12H11F2N3/c1-6-3-7(2)10(8(13)4-6)11-9(14)5-16-12(15)17-11/h3-5H,1-2H3,(H2,15,16,17). The van der Waals surface area contributed by atoms with Crippen molar-refractivity contribution in [2.75, 3.05) is 5.73 Å². The molecule has 0 aliphatic heterocycles. The van der Waals surface area contributed by atoms with Crippen molar-refractivity contribution in [2.45, 2.75) is 13.8 Å². The lowest BCUT2D eigenvalue weighted by atomic mass is 10.0. The quantitative estimate of drug-likeness (QED) is 0.826. The molecule has 1 heterocycles. The molecule has 1 aromatic heterocycles. The minimum absolute atomic E-state index is 0.0826. The molecule has 17 heavy (non-hydrogen) atoms. The van der Waals surface area contributed by atoms with Crippen LogP contribution < -0.4 is 5.73 Å². The summed E-state index contributed by atoms with van der Waals surface area (Å²) >= 11 is 0. The van der Waals surface area contributed by atoms with Crippen LogP contribution >= 0.6 is 0 Å². The molecule has 0 saturated carbocycles. The maximum Gasteiger partial charge on any atom is 0.220 e. The Labute approximate surface area is 97.3 Å². The largest absolute Gasteiger partial charge is 0.368 e. The summed E-state index contributed by atoms with van der Waals surface area (Å²) < 4.78 is 27.4. The van der Waals surface area contributed by atoms with E-state index in [1.807, 2.05) is 0 Å². The van der Waals surface area contributed by atoms with Crippen molar-refractivity contribution in [3.05, 3.63) is 41.1 Å². The monoisotopic (exact) mass is 235 g/mol. The number of nitrogens with two attached hydrogens (primary N) is 1. The van der Waals surface area contributed by atoms with Crippen LogP contribution in [-0.4, -0.2) is 9.97 Å². The van der Waals surface area contributed by atoms with Gasteiger partial charge in [-0.05, 0) is 31.0 Å². The van der Waals surface area contributed by atoms with Crippen LogP contribution in [0.15, 0.2) is 18.3 Å². The van der Waals surface area contributed by atoms with E-state index in [2.05, 4.69) is 9.97 Å². The fraction of sp³-hybridized carbons (Fsp3) is 0.167. The molecule has 0 atom stereocenters. The van der Waals surface area contributed by atoms with Crippen molar-refractivity contribution >= 4 is 5.95 Å². The average Bonchev–Trinajstić information content (AvgIpc) is 2.21. The van der Waals surface area contributed by atoms with E-state index >= 15 is 0 Å². The predicted molar refractivity (Wildman–Crippen MR) is 61.3 cm³/mol. The molecule has 0 amide bonds. The molecule has 2 aromatic rings. The lowest BCUT2D eigenvalue weighted by Gasteiger charge is -2.09. The number of hydrogen-bond donors (Lipinski definition) is 1. The lowest BCUT2D eigenvalue weighted by molar-refractivity contribution is 0.606. The first-order valence-electron chi connectivity index (χ1n) is 5.04. The third kappa shape index (κ3) is 2.08. The van der Waals surface area contributed by atoms with Gasteiger partial charge < -0.3 is 5.73 Å². The zero-order valence-electron chi connectivity index (χ0n) is 9.46. The van der Waals surface area contributed by atoms with Gasteiger partial charge >= 0.3 is 0 Å². The van der Waals surface area contributed by atoms with Gasteiger partial charge in [0.25, 0.3) is 0 Å². The number of benzene rings is 1. The van der Waals surface area contributed by atoms with E-state index in [0.717, 1.165) is 11.8 Å². The topological polar surface area (TPSA) is 51.8 Å². The van der Waals surface area contributed by atoms with E-state index in [-0.39, 0.29) is 17.2 Å². The summed E-state index contributed by atoms with van der Waals surface area (Å²) in [4.78, 5) is 7.26. The molecule has 0 aliphatic rings. The highest BCUT2D eigenvalue weighted by Crippen LogP contribution is 2.28. The smallest absolute Gasteiger partial charge is 0.220 e. The molecule has 0 unspecified atom stereocenters. The van der Waals surface area contributed by atoms with Gasteiger partial charge in [0, 0.05) is 5.56 Å². The molecule has 3 nitrogen and oxygen atoms in total. The fourth-order valence-electron chi connectivity index (χ4n) is 1.77. The number of rotatable bonds is 1. The summed E-state index contributed by atoms with van der Waals surface area (Å²) in [6, 6.07) is 3.09. The SMILES string of the molecule is Cc1cc(C)c(-c2nc(N)ncc2F)c(F)c1. The van der Waals surface area contributed by atoms with Gasteiger partial charge in [-0.25, -0.2) is 18.7 Å². The van der Waals surface area contributed by atoms with Gasteiger partial charge in [-0.15, -0.1) is 0 Å². The second-order valence-corrected chi connectivity index (χ2v) is 3.86. The molecular weight excluding hydrogens is 224 g/mol. The fourth-order valence-corrected chi connectivity index (χ4v) is 1.77. The Kier molecular flexibility index (Phi) is 2.75. The molecule has 0 spiro atoms. The van der Waals surface area contributed by atoms with E-state index in [1.165, 1.54) is 6.07 Å². The van der Waals surface area contributed by atoms with Crippen LogP contribution in [-0.2, 0) is 0 Å². The van der Waals surface area contributed by atoms with Crippen LogP contribution in [0.2, 0.25) is 0 Å². The zero-order valence-corrected chi connectivity index (χ0v) is 9.46. The Hall–Kier alpha value is -2.04. The molecule has 88 valence electrons. The number of halogens is 2. The zero-order chi connectivity index (χ0) is 12.6. The average molecular weight is 235 g/mol. The molecule has 2 N–H and O–H groups in total. The number of nitrogen functional groups attached to an aromatic ring is 1. The molecule has 1 aromatic carbocycles. The van der Waals surface area contributed by atoms with Crippen LogP contribution in [0.5, 0.6) is 0 Å². The summed E-state index contributed by atoms with van der Waals surface area (Å²) in [5.74, 6) is -1.29. The van der Waals surface area contributed by atoms with Crippen molar-refractivity contribution in [3.63, 3.8) is 0 Å². The Bertz CT molecular complexity index is 559. The van der Waals surface area contributed by atoms with Gasteiger partial charge in [-0.1, -0.05) is 6.07 Å². The molecule has 2 rings (SSSR count). The van der Waals surface area contributed by atoms with E-state index in [9.17, 15) is 8.78 Å². The first kappa shape index (κ1) is 11.4. The van der Waals surface area contributed by atoms with Crippen LogP contribution in [0.4, 0.5) is 14.7 Å². The van der Waals surface area contributed by atoms with Gasteiger partial charge in [-0.3, -0.25) is 0 Å². The number of nitrogens with zero attached hydrogens (tertiary/aromatic N) is 2. The Balaban J connectivity index is 2.72. The molecule has 5 heteroatoms.